The normalized spacial score (nSPS) is 16.4. The largest absolute Gasteiger partial charge is 0.454 e. The fourth-order valence-electron chi connectivity index (χ4n) is 3.29. The van der Waals surface area contributed by atoms with Crippen LogP contribution in [0.15, 0.2) is 88.0 Å². The molecule has 0 spiro atoms. The molecule has 0 aromatic heterocycles. The molecule has 3 aromatic carbocycles. The minimum Gasteiger partial charge on any atom is -0.454 e. The van der Waals surface area contributed by atoms with E-state index in [9.17, 15) is 4.79 Å². The van der Waals surface area contributed by atoms with Crippen molar-refractivity contribution in [2.24, 2.45) is 4.99 Å². The predicted molar refractivity (Wildman–Crippen MR) is 115 cm³/mol. The van der Waals surface area contributed by atoms with E-state index in [0.29, 0.717) is 23.0 Å². The third-order valence-corrected chi connectivity index (χ3v) is 5.21. The highest BCUT2D eigenvalue weighted by molar-refractivity contribution is 9.10. The van der Waals surface area contributed by atoms with Gasteiger partial charge in [-0.25, -0.2) is 4.99 Å². The van der Waals surface area contributed by atoms with Crippen LogP contribution in [0.4, 0.5) is 5.69 Å². The number of rotatable bonds is 3. The third kappa shape index (κ3) is 3.32. The lowest BCUT2D eigenvalue weighted by Gasteiger charge is -2.18. The number of nitrogens with zero attached hydrogens (tertiary/aromatic N) is 2. The molecule has 2 heterocycles. The number of amides is 1. The molecule has 29 heavy (non-hydrogen) atoms. The number of benzene rings is 3. The molecule has 0 radical (unpaired) electrons. The molecule has 2 aliphatic heterocycles. The summed E-state index contributed by atoms with van der Waals surface area (Å²) in [6.45, 7) is 0.210. The summed E-state index contributed by atoms with van der Waals surface area (Å²) in [5, 5.41) is 0. The van der Waals surface area contributed by atoms with E-state index in [2.05, 4.69) is 20.9 Å². The molecule has 0 aliphatic carbocycles. The van der Waals surface area contributed by atoms with E-state index in [0.717, 1.165) is 21.3 Å². The Bertz CT molecular complexity index is 1150. The summed E-state index contributed by atoms with van der Waals surface area (Å²) in [4.78, 5) is 19.6. The summed E-state index contributed by atoms with van der Waals surface area (Å²) < 4.78 is 11.8. The zero-order chi connectivity index (χ0) is 19.8. The number of fused-ring (bicyclic) bond motifs is 1. The molecular weight excluding hydrogens is 432 g/mol. The van der Waals surface area contributed by atoms with E-state index < -0.39 is 0 Å². The Morgan fingerprint density at radius 3 is 2.48 bits per heavy atom. The standard InChI is InChI=1S/C23H15BrN2O3/c24-17-9-7-16(8-10-17)22-25-19(23(27)26(22)18-4-2-1-3-5-18)12-15-6-11-20-21(13-15)29-14-28-20/h1-13H,14H2/b19-12-. The van der Waals surface area contributed by atoms with Crippen molar-refractivity contribution in [3.63, 3.8) is 0 Å². The quantitative estimate of drug-likeness (QED) is 0.531. The van der Waals surface area contributed by atoms with Crippen LogP contribution in [0, 0.1) is 0 Å². The lowest BCUT2D eigenvalue weighted by atomic mass is 10.1. The highest BCUT2D eigenvalue weighted by atomic mass is 79.9. The maximum atomic E-state index is 13.3. The molecule has 0 saturated carbocycles. The van der Waals surface area contributed by atoms with Gasteiger partial charge in [0.25, 0.3) is 5.91 Å². The van der Waals surface area contributed by atoms with Crippen molar-refractivity contribution < 1.29 is 14.3 Å². The topological polar surface area (TPSA) is 51.1 Å². The van der Waals surface area contributed by atoms with Gasteiger partial charge in [0.2, 0.25) is 6.79 Å². The van der Waals surface area contributed by atoms with Crippen molar-refractivity contribution in [2.75, 3.05) is 11.7 Å². The molecular formula is C23H15BrN2O3. The van der Waals surface area contributed by atoms with Crippen LogP contribution in [-0.2, 0) is 4.79 Å². The smallest absolute Gasteiger partial charge is 0.282 e. The Morgan fingerprint density at radius 2 is 1.69 bits per heavy atom. The van der Waals surface area contributed by atoms with Crippen molar-refractivity contribution in [1.82, 2.24) is 0 Å². The molecule has 0 atom stereocenters. The van der Waals surface area contributed by atoms with Crippen LogP contribution in [0.5, 0.6) is 11.5 Å². The van der Waals surface area contributed by atoms with Gasteiger partial charge in [0.05, 0.1) is 5.69 Å². The second-order valence-electron chi connectivity index (χ2n) is 6.56. The molecule has 0 fully saturated rings. The monoisotopic (exact) mass is 446 g/mol. The van der Waals surface area contributed by atoms with Crippen molar-refractivity contribution in [1.29, 1.82) is 0 Å². The molecule has 142 valence electrons. The fraction of sp³-hybridized carbons (Fsp3) is 0.0435. The number of anilines is 1. The molecule has 5 nitrogen and oxygen atoms in total. The molecule has 0 unspecified atom stereocenters. The summed E-state index contributed by atoms with van der Waals surface area (Å²) >= 11 is 3.45. The van der Waals surface area contributed by atoms with Crippen LogP contribution >= 0.6 is 15.9 Å². The van der Waals surface area contributed by atoms with Gasteiger partial charge >= 0.3 is 0 Å². The predicted octanol–water partition coefficient (Wildman–Crippen LogP) is 5.01. The Hall–Kier alpha value is -3.38. The van der Waals surface area contributed by atoms with E-state index in [1.54, 1.807) is 11.0 Å². The maximum absolute atomic E-state index is 13.3. The second-order valence-corrected chi connectivity index (χ2v) is 7.48. The van der Waals surface area contributed by atoms with Crippen LogP contribution in [0.25, 0.3) is 6.08 Å². The van der Waals surface area contributed by atoms with Gasteiger partial charge in [-0.3, -0.25) is 9.69 Å². The number of hydrogen-bond acceptors (Lipinski definition) is 4. The summed E-state index contributed by atoms with van der Waals surface area (Å²) in [7, 11) is 0. The maximum Gasteiger partial charge on any atom is 0.282 e. The fourth-order valence-corrected chi connectivity index (χ4v) is 3.55. The van der Waals surface area contributed by atoms with Crippen LogP contribution < -0.4 is 14.4 Å². The number of carbonyl (C=O) groups is 1. The Kier molecular flexibility index (Phi) is 4.41. The Labute approximate surface area is 176 Å². The first-order chi connectivity index (χ1) is 14.2. The van der Waals surface area contributed by atoms with E-state index in [1.165, 1.54) is 0 Å². The number of aliphatic imine (C=N–C) groups is 1. The number of hydrogen-bond donors (Lipinski definition) is 0. The van der Waals surface area contributed by atoms with Gasteiger partial charge in [0, 0.05) is 10.0 Å². The van der Waals surface area contributed by atoms with Crippen LogP contribution in [0.3, 0.4) is 0 Å². The molecule has 0 saturated heterocycles. The molecule has 0 bridgehead atoms. The van der Waals surface area contributed by atoms with E-state index in [-0.39, 0.29) is 12.7 Å². The lowest BCUT2D eigenvalue weighted by molar-refractivity contribution is -0.113. The Morgan fingerprint density at radius 1 is 0.931 bits per heavy atom. The molecule has 6 heteroatoms. The van der Waals surface area contributed by atoms with Crippen molar-refractivity contribution in [3.8, 4) is 11.5 Å². The van der Waals surface area contributed by atoms with E-state index in [1.807, 2.05) is 72.8 Å². The third-order valence-electron chi connectivity index (χ3n) is 4.68. The summed E-state index contributed by atoms with van der Waals surface area (Å²) in [6, 6.07) is 22.8. The van der Waals surface area contributed by atoms with Crippen LogP contribution in [0.2, 0.25) is 0 Å². The summed E-state index contributed by atoms with van der Waals surface area (Å²) in [5.74, 6) is 1.80. The number of ether oxygens (including phenoxy) is 2. The average Bonchev–Trinajstić information content (AvgIpc) is 3.34. The van der Waals surface area contributed by atoms with Crippen molar-refractivity contribution in [2.45, 2.75) is 0 Å². The molecule has 1 amide bonds. The molecule has 3 aromatic rings. The van der Waals surface area contributed by atoms with Gasteiger partial charge in [-0.15, -0.1) is 0 Å². The number of carbonyl (C=O) groups excluding carboxylic acids is 1. The minimum atomic E-state index is -0.174. The number of amidine groups is 1. The SMILES string of the molecule is O=C1/C(=C/c2ccc3c(c2)OCO3)N=C(c2ccc(Br)cc2)N1c1ccccc1. The zero-order valence-corrected chi connectivity index (χ0v) is 16.8. The minimum absolute atomic E-state index is 0.174. The van der Waals surface area contributed by atoms with Gasteiger partial charge in [0.1, 0.15) is 11.5 Å². The van der Waals surface area contributed by atoms with Crippen molar-refractivity contribution in [3.05, 3.63) is 94.1 Å². The van der Waals surface area contributed by atoms with Gasteiger partial charge in [0.15, 0.2) is 11.5 Å². The van der Waals surface area contributed by atoms with E-state index >= 15 is 0 Å². The lowest BCUT2D eigenvalue weighted by Crippen LogP contribution is -2.32. The molecule has 0 N–H and O–H groups in total. The summed E-state index contributed by atoms with van der Waals surface area (Å²) in [5.41, 5.74) is 2.82. The molecule has 5 rings (SSSR count). The van der Waals surface area contributed by atoms with Crippen LogP contribution in [-0.4, -0.2) is 18.5 Å². The van der Waals surface area contributed by atoms with Gasteiger partial charge in [-0.05, 0) is 48.0 Å². The van der Waals surface area contributed by atoms with Gasteiger partial charge in [-0.2, -0.15) is 0 Å². The Balaban J connectivity index is 1.59. The first kappa shape index (κ1) is 17.7. The van der Waals surface area contributed by atoms with Gasteiger partial charge in [-0.1, -0.05) is 52.3 Å². The summed E-state index contributed by atoms with van der Waals surface area (Å²) in [6.07, 6.45) is 1.77. The molecule has 2 aliphatic rings. The average molecular weight is 447 g/mol. The van der Waals surface area contributed by atoms with E-state index in [4.69, 9.17) is 9.47 Å². The second kappa shape index (κ2) is 7.22. The first-order valence-electron chi connectivity index (χ1n) is 9.04. The van der Waals surface area contributed by atoms with Crippen LogP contribution in [0.1, 0.15) is 11.1 Å². The highest BCUT2D eigenvalue weighted by Crippen LogP contribution is 2.34. The number of halogens is 1. The first-order valence-corrected chi connectivity index (χ1v) is 9.84. The highest BCUT2D eigenvalue weighted by Gasteiger charge is 2.32. The zero-order valence-electron chi connectivity index (χ0n) is 15.2. The van der Waals surface area contributed by atoms with Gasteiger partial charge < -0.3 is 9.47 Å². The van der Waals surface area contributed by atoms with Crippen molar-refractivity contribution >= 4 is 39.4 Å². The number of para-hydroxylation sites is 1.